The second-order valence-corrected chi connectivity index (χ2v) is 7.16. The van der Waals surface area contributed by atoms with E-state index >= 15 is 0 Å². The molecule has 1 saturated heterocycles. The van der Waals surface area contributed by atoms with Crippen molar-refractivity contribution in [2.45, 2.75) is 32.2 Å². The van der Waals surface area contributed by atoms with Crippen LogP contribution < -0.4 is 5.32 Å². The van der Waals surface area contributed by atoms with Crippen LogP contribution in [0.25, 0.3) is 0 Å². The Labute approximate surface area is 152 Å². The molecule has 2 aromatic rings. The minimum absolute atomic E-state index is 0.0951. The average Bonchev–Trinajstić information content (AvgIpc) is 3.07. The maximum absolute atomic E-state index is 12.9. The molecule has 1 aliphatic heterocycles. The first-order valence-corrected chi connectivity index (χ1v) is 9.20. The van der Waals surface area contributed by atoms with E-state index in [9.17, 15) is 9.59 Å². The highest BCUT2D eigenvalue weighted by molar-refractivity contribution is 6.00. The Balaban J connectivity index is 1.62. The van der Waals surface area contributed by atoms with Crippen LogP contribution in [0.2, 0.25) is 0 Å². The van der Waals surface area contributed by atoms with E-state index in [4.69, 9.17) is 9.15 Å². The second kappa shape index (κ2) is 6.72. The molecule has 1 aromatic heterocycles. The first-order valence-electron chi connectivity index (χ1n) is 9.20. The van der Waals surface area contributed by atoms with Crippen LogP contribution in [0.5, 0.6) is 0 Å². The summed E-state index contributed by atoms with van der Waals surface area (Å²) >= 11 is 0. The topological polar surface area (TPSA) is 68.5 Å². The van der Waals surface area contributed by atoms with Crippen molar-refractivity contribution >= 4 is 11.7 Å². The second-order valence-electron chi connectivity index (χ2n) is 7.16. The Morgan fingerprint density at radius 1 is 1.19 bits per heavy atom. The van der Waals surface area contributed by atoms with Gasteiger partial charge >= 0.3 is 0 Å². The third-order valence-electron chi connectivity index (χ3n) is 5.54. The first-order chi connectivity index (χ1) is 12.6. The molecule has 1 N–H and O–H groups in total. The van der Waals surface area contributed by atoms with Gasteiger partial charge in [-0.3, -0.25) is 9.59 Å². The molecule has 5 heteroatoms. The molecule has 26 heavy (non-hydrogen) atoms. The van der Waals surface area contributed by atoms with Gasteiger partial charge in [0.25, 0.3) is 5.91 Å². The molecule has 2 fully saturated rings. The molecule has 0 radical (unpaired) electrons. The molecule has 4 rings (SSSR count). The van der Waals surface area contributed by atoms with E-state index in [1.54, 1.807) is 13.0 Å². The van der Waals surface area contributed by atoms with E-state index in [-0.39, 0.29) is 29.4 Å². The molecule has 2 heterocycles. The Morgan fingerprint density at radius 2 is 1.88 bits per heavy atom. The lowest BCUT2D eigenvalue weighted by Crippen LogP contribution is -2.30. The number of carbonyl (C=O) groups is 2. The fourth-order valence-corrected chi connectivity index (χ4v) is 3.79. The molecule has 1 aromatic carbocycles. The zero-order valence-corrected chi connectivity index (χ0v) is 15.0. The highest BCUT2D eigenvalue weighted by Gasteiger charge is 2.55. The Hall–Kier alpha value is -2.40. The Morgan fingerprint density at radius 3 is 2.54 bits per heavy atom. The van der Waals surface area contributed by atoms with Gasteiger partial charge in [0.1, 0.15) is 5.76 Å². The highest BCUT2D eigenvalue weighted by Crippen LogP contribution is 2.44. The average molecular weight is 353 g/mol. The number of ether oxygens (including phenoxy) is 1. The quantitative estimate of drug-likeness (QED) is 0.808. The minimum Gasteiger partial charge on any atom is -0.456 e. The van der Waals surface area contributed by atoms with Gasteiger partial charge in [-0.2, -0.15) is 0 Å². The van der Waals surface area contributed by atoms with Gasteiger partial charge in [-0.05, 0) is 5.56 Å². The smallest absolute Gasteiger partial charge is 0.255 e. The van der Waals surface area contributed by atoms with Crippen molar-refractivity contribution in [3.63, 3.8) is 0 Å². The van der Waals surface area contributed by atoms with Gasteiger partial charge in [0.2, 0.25) is 0 Å². The summed E-state index contributed by atoms with van der Waals surface area (Å²) in [5, 5.41) is 3.10. The number of benzene rings is 1. The summed E-state index contributed by atoms with van der Waals surface area (Å²) < 4.78 is 11.2. The molecule has 1 amide bonds. The van der Waals surface area contributed by atoms with Gasteiger partial charge in [0.15, 0.2) is 11.5 Å². The molecule has 5 nitrogen and oxygen atoms in total. The van der Waals surface area contributed by atoms with E-state index in [0.717, 1.165) is 5.56 Å². The monoisotopic (exact) mass is 353 g/mol. The first kappa shape index (κ1) is 17.0. The number of nitrogens with one attached hydrogen (secondary N) is 1. The van der Waals surface area contributed by atoms with Crippen LogP contribution >= 0.6 is 0 Å². The zero-order valence-electron chi connectivity index (χ0n) is 15.0. The third kappa shape index (κ3) is 2.97. The van der Waals surface area contributed by atoms with Crippen LogP contribution in [0, 0.1) is 11.8 Å². The van der Waals surface area contributed by atoms with Gasteiger partial charge < -0.3 is 14.5 Å². The minimum atomic E-state index is -0.166. The number of Topliss-reactive ketones (excluding diaryl/α,β-unsaturated/α-hetero) is 1. The summed E-state index contributed by atoms with van der Waals surface area (Å²) in [5.74, 6) is 1.29. The summed E-state index contributed by atoms with van der Waals surface area (Å²) in [6, 6.07) is 11.6. The lowest BCUT2D eigenvalue weighted by atomic mass is 9.96. The third-order valence-corrected chi connectivity index (χ3v) is 5.54. The maximum atomic E-state index is 12.9. The van der Waals surface area contributed by atoms with E-state index in [2.05, 4.69) is 5.32 Å². The number of rotatable bonds is 6. The lowest BCUT2D eigenvalue weighted by Gasteiger charge is -2.12. The normalized spacial score (nSPS) is 24.8. The molecular weight excluding hydrogens is 330 g/mol. The van der Waals surface area contributed by atoms with Crippen molar-refractivity contribution < 1.29 is 18.7 Å². The molecule has 1 saturated carbocycles. The van der Waals surface area contributed by atoms with Gasteiger partial charge in [0, 0.05) is 36.3 Å². The number of carbonyl (C=O) groups excluding carboxylic acids is 2. The van der Waals surface area contributed by atoms with E-state index in [1.165, 1.54) is 0 Å². The number of fused-ring (bicyclic) bond motifs is 1. The fourth-order valence-electron chi connectivity index (χ4n) is 3.79. The predicted molar refractivity (Wildman–Crippen MR) is 96.3 cm³/mol. The largest absolute Gasteiger partial charge is 0.456 e. The van der Waals surface area contributed by atoms with Crippen molar-refractivity contribution in [2.24, 2.45) is 11.8 Å². The summed E-state index contributed by atoms with van der Waals surface area (Å²) in [6.45, 7) is 5.21. The molecule has 2 aliphatic rings. The molecule has 0 bridgehead atoms. The van der Waals surface area contributed by atoms with Crippen LogP contribution in [0.1, 0.15) is 58.4 Å². The van der Waals surface area contributed by atoms with E-state index in [0.29, 0.717) is 42.8 Å². The fraction of sp³-hybridized carbons (Fsp3) is 0.429. The summed E-state index contributed by atoms with van der Waals surface area (Å²) in [5.41, 5.74) is 1.51. The molecule has 136 valence electrons. The van der Waals surface area contributed by atoms with Crippen LogP contribution in [-0.4, -0.2) is 30.9 Å². The van der Waals surface area contributed by atoms with Crippen molar-refractivity contribution in [1.82, 2.24) is 5.32 Å². The van der Waals surface area contributed by atoms with E-state index < -0.39 is 0 Å². The number of amides is 1. The van der Waals surface area contributed by atoms with Crippen LogP contribution in [0.4, 0.5) is 0 Å². The van der Waals surface area contributed by atoms with Crippen LogP contribution in [-0.2, 0) is 4.74 Å². The SMILES string of the molecule is CCC(=O)c1cc(C(=O)NC2[C@H]3COC[C@@H]23)c([C@@H](C)c2ccccc2)o1. The van der Waals surface area contributed by atoms with Gasteiger partial charge in [0.05, 0.1) is 18.8 Å². The van der Waals surface area contributed by atoms with Crippen molar-refractivity contribution in [1.29, 1.82) is 0 Å². The molecule has 1 unspecified atom stereocenters. The van der Waals surface area contributed by atoms with Crippen LogP contribution in [0.3, 0.4) is 0 Å². The van der Waals surface area contributed by atoms with Crippen molar-refractivity contribution in [3.05, 3.63) is 59.0 Å². The molecule has 4 atom stereocenters. The number of ketones is 1. The number of hydrogen-bond donors (Lipinski definition) is 1. The highest BCUT2D eigenvalue weighted by atomic mass is 16.5. The molecule has 0 spiro atoms. The van der Waals surface area contributed by atoms with Gasteiger partial charge in [-0.1, -0.05) is 44.2 Å². The Bertz CT molecular complexity index is 816. The standard InChI is InChI=1S/C21H23NO4/c1-3-17(23)18-9-14(21(24)22-19-15-10-25-11-16(15)19)20(26-18)12(2)13-7-5-4-6-8-13/h4-9,12,15-16,19H,3,10-11H2,1-2H3,(H,22,24)/t12-,15-,16+,19?/m0/s1. The van der Waals surface area contributed by atoms with Crippen molar-refractivity contribution in [2.75, 3.05) is 13.2 Å². The molecular formula is C21H23NO4. The van der Waals surface area contributed by atoms with Crippen molar-refractivity contribution in [3.8, 4) is 0 Å². The maximum Gasteiger partial charge on any atom is 0.255 e. The summed E-state index contributed by atoms with van der Waals surface area (Å²) in [7, 11) is 0. The van der Waals surface area contributed by atoms with Crippen LogP contribution in [0.15, 0.2) is 40.8 Å². The summed E-state index contributed by atoms with van der Waals surface area (Å²) in [6.07, 6.45) is 0.345. The lowest BCUT2D eigenvalue weighted by molar-refractivity contribution is 0.0923. The number of furan rings is 1. The van der Waals surface area contributed by atoms with Gasteiger partial charge in [-0.25, -0.2) is 0 Å². The predicted octanol–water partition coefficient (Wildman–Crippen LogP) is 3.40. The number of hydrogen-bond acceptors (Lipinski definition) is 4. The zero-order chi connectivity index (χ0) is 18.3. The summed E-state index contributed by atoms with van der Waals surface area (Å²) in [4.78, 5) is 25.0. The van der Waals surface area contributed by atoms with Gasteiger partial charge in [-0.15, -0.1) is 0 Å². The van der Waals surface area contributed by atoms with E-state index in [1.807, 2.05) is 37.3 Å². The molecule has 1 aliphatic carbocycles. The Kier molecular flexibility index (Phi) is 4.41.